The van der Waals surface area contributed by atoms with Crippen molar-refractivity contribution in [3.63, 3.8) is 0 Å². The van der Waals surface area contributed by atoms with Gasteiger partial charge in [0.1, 0.15) is 11.5 Å². The highest BCUT2D eigenvalue weighted by Gasteiger charge is 2.14. The van der Waals surface area contributed by atoms with E-state index in [1.54, 1.807) is 0 Å². The van der Waals surface area contributed by atoms with Gasteiger partial charge in [-0.05, 0) is 63.8 Å². The van der Waals surface area contributed by atoms with Crippen molar-refractivity contribution in [1.29, 1.82) is 0 Å². The summed E-state index contributed by atoms with van der Waals surface area (Å²) >= 11 is 0. The first-order chi connectivity index (χ1) is 14.6. The van der Waals surface area contributed by atoms with E-state index < -0.39 is 5.97 Å². The van der Waals surface area contributed by atoms with Crippen LogP contribution in [-0.2, 0) is 16.6 Å². The fourth-order valence-electron chi connectivity index (χ4n) is 3.49. The van der Waals surface area contributed by atoms with Crippen LogP contribution in [0.5, 0.6) is 11.5 Å². The van der Waals surface area contributed by atoms with Gasteiger partial charge in [0.25, 0.3) is 0 Å². The average molecular weight is 417 g/mol. The van der Waals surface area contributed by atoms with Crippen LogP contribution in [0.1, 0.15) is 63.6 Å². The SMILES string of the molecule is CC(C)c1ccc(-c2ccc(CCC(=O)O)c(Oc3ccc(C(C)(C)C)cc3)c2)cc1. The molecule has 1 N–H and O–H groups in total. The van der Waals surface area contributed by atoms with Gasteiger partial charge in [-0.25, -0.2) is 0 Å². The van der Waals surface area contributed by atoms with Crippen LogP contribution >= 0.6 is 0 Å². The lowest BCUT2D eigenvalue weighted by molar-refractivity contribution is -0.136. The van der Waals surface area contributed by atoms with Gasteiger partial charge in [0.2, 0.25) is 0 Å². The number of carbonyl (C=O) groups is 1. The lowest BCUT2D eigenvalue weighted by Crippen LogP contribution is -2.10. The number of ether oxygens (including phenoxy) is 1. The van der Waals surface area contributed by atoms with Gasteiger partial charge in [-0.15, -0.1) is 0 Å². The summed E-state index contributed by atoms with van der Waals surface area (Å²) in [5, 5.41) is 9.12. The monoisotopic (exact) mass is 416 g/mol. The van der Waals surface area contributed by atoms with Crippen molar-refractivity contribution >= 4 is 5.97 Å². The molecule has 0 spiro atoms. The maximum Gasteiger partial charge on any atom is 0.303 e. The minimum Gasteiger partial charge on any atom is -0.481 e. The zero-order chi connectivity index (χ0) is 22.6. The normalized spacial score (nSPS) is 11.5. The molecule has 0 atom stereocenters. The molecule has 31 heavy (non-hydrogen) atoms. The number of aliphatic carboxylic acids is 1. The van der Waals surface area contributed by atoms with Crippen molar-refractivity contribution in [2.45, 2.75) is 58.8 Å². The fraction of sp³-hybridized carbons (Fsp3) is 0.321. The van der Waals surface area contributed by atoms with Crippen LogP contribution in [0.25, 0.3) is 11.1 Å². The second-order valence-corrected chi connectivity index (χ2v) is 9.37. The molecule has 0 aromatic heterocycles. The third kappa shape index (κ3) is 5.97. The molecule has 0 heterocycles. The summed E-state index contributed by atoms with van der Waals surface area (Å²) in [7, 11) is 0. The van der Waals surface area contributed by atoms with Crippen molar-refractivity contribution in [2.75, 3.05) is 0 Å². The van der Waals surface area contributed by atoms with Crippen molar-refractivity contribution in [2.24, 2.45) is 0 Å². The summed E-state index contributed by atoms with van der Waals surface area (Å²) in [6, 6.07) is 22.7. The third-order valence-electron chi connectivity index (χ3n) is 5.53. The number of aryl methyl sites for hydroxylation is 1. The zero-order valence-electron chi connectivity index (χ0n) is 19.1. The van der Waals surface area contributed by atoms with Crippen LogP contribution in [0.2, 0.25) is 0 Å². The molecule has 3 aromatic rings. The molecule has 3 heteroatoms. The Morgan fingerprint density at radius 1 is 0.903 bits per heavy atom. The quantitative estimate of drug-likeness (QED) is 0.432. The lowest BCUT2D eigenvalue weighted by atomic mass is 9.87. The van der Waals surface area contributed by atoms with Crippen LogP contribution in [0.4, 0.5) is 0 Å². The smallest absolute Gasteiger partial charge is 0.303 e. The Kier molecular flexibility index (Phi) is 6.84. The molecule has 0 saturated heterocycles. The first-order valence-corrected chi connectivity index (χ1v) is 10.9. The van der Waals surface area contributed by atoms with Crippen molar-refractivity contribution in [1.82, 2.24) is 0 Å². The summed E-state index contributed by atoms with van der Waals surface area (Å²) in [6.07, 6.45) is 0.499. The van der Waals surface area contributed by atoms with Crippen LogP contribution in [0.15, 0.2) is 66.7 Å². The summed E-state index contributed by atoms with van der Waals surface area (Å²) in [5.41, 5.74) is 5.68. The molecule has 3 rings (SSSR count). The standard InChI is InChI=1S/C28H32O3/c1-19(2)20-6-8-21(9-7-20)23-11-10-22(12-17-27(29)30)26(18-23)31-25-15-13-24(14-16-25)28(3,4)5/h6-11,13-16,18-19H,12,17H2,1-5H3,(H,29,30). The maximum atomic E-state index is 11.1. The van der Waals surface area contributed by atoms with Gasteiger partial charge in [-0.2, -0.15) is 0 Å². The number of benzene rings is 3. The number of carboxylic acid groups (broad SMARTS) is 1. The van der Waals surface area contributed by atoms with E-state index in [-0.39, 0.29) is 11.8 Å². The van der Waals surface area contributed by atoms with Gasteiger partial charge < -0.3 is 9.84 Å². The van der Waals surface area contributed by atoms with Crippen LogP contribution in [0.3, 0.4) is 0 Å². The largest absolute Gasteiger partial charge is 0.481 e. The Hall–Kier alpha value is -3.07. The van der Waals surface area contributed by atoms with Crippen LogP contribution in [0, 0.1) is 0 Å². The molecule has 3 aromatic carbocycles. The minimum absolute atomic E-state index is 0.0712. The van der Waals surface area contributed by atoms with Gasteiger partial charge in [-0.3, -0.25) is 4.79 Å². The van der Waals surface area contributed by atoms with E-state index in [0.29, 0.717) is 18.1 Å². The molecule has 162 valence electrons. The molecule has 0 aliphatic rings. The number of hydrogen-bond acceptors (Lipinski definition) is 2. The topological polar surface area (TPSA) is 46.5 Å². The van der Waals surface area contributed by atoms with Crippen LogP contribution in [-0.4, -0.2) is 11.1 Å². The second-order valence-electron chi connectivity index (χ2n) is 9.37. The molecule has 0 radical (unpaired) electrons. The number of hydrogen-bond donors (Lipinski definition) is 1. The first-order valence-electron chi connectivity index (χ1n) is 10.9. The van der Waals surface area contributed by atoms with Crippen molar-refractivity contribution in [3.8, 4) is 22.6 Å². The predicted molar refractivity (Wildman–Crippen MR) is 127 cm³/mol. The molecule has 0 unspecified atom stereocenters. The van der Waals surface area contributed by atoms with E-state index in [9.17, 15) is 4.79 Å². The highest BCUT2D eigenvalue weighted by molar-refractivity contribution is 5.69. The van der Waals surface area contributed by atoms with Gasteiger partial charge in [0.05, 0.1) is 0 Å². The number of rotatable bonds is 7. The van der Waals surface area contributed by atoms with E-state index in [0.717, 1.165) is 22.4 Å². The van der Waals surface area contributed by atoms with Crippen molar-refractivity contribution < 1.29 is 14.6 Å². The van der Waals surface area contributed by atoms with E-state index in [4.69, 9.17) is 9.84 Å². The lowest BCUT2D eigenvalue weighted by Gasteiger charge is -2.19. The van der Waals surface area contributed by atoms with Gasteiger partial charge in [0, 0.05) is 6.42 Å². The molecule has 0 saturated carbocycles. The Labute approximate surface area is 185 Å². The summed E-state index contributed by atoms with van der Waals surface area (Å²) in [4.78, 5) is 11.1. The summed E-state index contributed by atoms with van der Waals surface area (Å²) in [5.74, 6) is 1.13. The second kappa shape index (κ2) is 9.38. The summed E-state index contributed by atoms with van der Waals surface area (Å²) < 4.78 is 6.24. The predicted octanol–water partition coefficient (Wildman–Crippen LogP) is 7.58. The molecule has 0 aliphatic carbocycles. The molecule has 0 amide bonds. The number of carboxylic acids is 1. The van der Waals surface area contributed by atoms with Gasteiger partial charge in [-0.1, -0.05) is 83.1 Å². The van der Waals surface area contributed by atoms with E-state index >= 15 is 0 Å². The molecular weight excluding hydrogens is 384 g/mol. The van der Waals surface area contributed by atoms with Crippen molar-refractivity contribution in [3.05, 3.63) is 83.4 Å². The first kappa shape index (κ1) is 22.6. The Morgan fingerprint density at radius 3 is 2.06 bits per heavy atom. The van der Waals surface area contributed by atoms with Crippen LogP contribution < -0.4 is 4.74 Å². The molecule has 0 bridgehead atoms. The fourth-order valence-corrected chi connectivity index (χ4v) is 3.49. The molecule has 3 nitrogen and oxygen atoms in total. The Bertz CT molecular complexity index is 1020. The van der Waals surface area contributed by atoms with E-state index in [1.807, 2.05) is 30.3 Å². The maximum absolute atomic E-state index is 11.1. The molecule has 0 aliphatic heterocycles. The third-order valence-corrected chi connectivity index (χ3v) is 5.53. The highest BCUT2D eigenvalue weighted by atomic mass is 16.5. The Morgan fingerprint density at radius 2 is 1.52 bits per heavy atom. The van der Waals surface area contributed by atoms with E-state index in [2.05, 4.69) is 71.0 Å². The van der Waals surface area contributed by atoms with Gasteiger partial charge in [0.15, 0.2) is 0 Å². The molecular formula is C28H32O3. The highest BCUT2D eigenvalue weighted by Crippen LogP contribution is 2.33. The summed E-state index contributed by atoms with van der Waals surface area (Å²) in [6.45, 7) is 10.9. The van der Waals surface area contributed by atoms with Gasteiger partial charge >= 0.3 is 5.97 Å². The Balaban J connectivity index is 1.92. The molecule has 0 fully saturated rings. The van der Waals surface area contributed by atoms with E-state index in [1.165, 1.54) is 11.1 Å². The zero-order valence-corrected chi connectivity index (χ0v) is 19.1. The minimum atomic E-state index is -0.811. The average Bonchev–Trinajstić information content (AvgIpc) is 2.72.